The van der Waals surface area contributed by atoms with Crippen LogP contribution in [0.2, 0.25) is 11.1 Å². The van der Waals surface area contributed by atoms with Crippen molar-refractivity contribution < 1.29 is 5.11 Å². The number of aliphatic hydroxyl groups excluding tert-OH is 1. The minimum atomic E-state index is -2.27. The van der Waals surface area contributed by atoms with Crippen molar-refractivity contribution in [3.8, 4) is 0 Å². The highest BCUT2D eigenvalue weighted by molar-refractivity contribution is 7.04. The van der Waals surface area contributed by atoms with Crippen LogP contribution in [-0.4, -0.2) is 39.3 Å². The Kier molecular flexibility index (Phi) is 6.72. The Morgan fingerprint density at radius 3 is 2.18 bits per heavy atom. The molecule has 4 N–H and O–H groups in total. The first-order chi connectivity index (χ1) is 16.3. The summed E-state index contributed by atoms with van der Waals surface area (Å²) in [5.74, 6) is -0.0164. The van der Waals surface area contributed by atoms with Crippen LogP contribution in [0.25, 0.3) is 11.2 Å². The standard InChI is InChI=1S/C26H33N5O2Si/c1-26(2,3)34(20-10-6-4-7-11-20,21-12-8-5-9-13-21)15-14-19(17-32)16-31-24(33)22-23(29-18-28-22)30-25(31)27/h4-13,18-19,32H,14-17H2,1-3H3,(H2,27,30)(H,28,29). The molecule has 0 amide bonds. The highest BCUT2D eigenvalue weighted by atomic mass is 28.3. The second kappa shape index (κ2) is 9.56. The molecule has 2 heterocycles. The zero-order chi connectivity index (χ0) is 24.3. The number of hydrogen-bond acceptors (Lipinski definition) is 5. The lowest BCUT2D eigenvalue weighted by molar-refractivity contribution is 0.206. The average Bonchev–Trinajstić information content (AvgIpc) is 3.30. The molecule has 0 bridgehead atoms. The molecule has 0 aliphatic carbocycles. The van der Waals surface area contributed by atoms with Gasteiger partial charge in [0.25, 0.3) is 5.56 Å². The van der Waals surface area contributed by atoms with E-state index in [0.717, 1.165) is 12.5 Å². The Bertz CT molecular complexity index is 1260. The SMILES string of the molecule is CC(C)(C)[Si](CCC(CO)Cn1c(N)nc2nc[nH]c2c1=O)(c1ccccc1)c1ccccc1. The van der Waals surface area contributed by atoms with Gasteiger partial charge in [-0.05, 0) is 23.4 Å². The number of fused-ring (bicyclic) bond motifs is 1. The van der Waals surface area contributed by atoms with E-state index in [0.29, 0.717) is 17.7 Å². The van der Waals surface area contributed by atoms with Crippen molar-refractivity contribution in [2.45, 2.75) is 44.8 Å². The predicted molar refractivity (Wildman–Crippen MR) is 140 cm³/mol. The Balaban J connectivity index is 1.71. The molecule has 2 aromatic carbocycles. The molecule has 0 saturated heterocycles. The number of hydrogen-bond donors (Lipinski definition) is 3. The highest BCUT2D eigenvalue weighted by Gasteiger charge is 2.47. The van der Waals surface area contributed by atoms with E-state index in [1.165, 1.54) is 21.3 Å². The Labute approximate surface area is 200 Å². The fraction of sp³-hybridized carbons (Fsp3) is 0.346. The number of H-pyrrole nitrogens is 1. The molecule has 7 nitrogen and oxygen atoms in total. The zero-order valence-corrected chi connectivity index (χ0v) is 21.0. The molecule has 4 aromatic rings. The van der Waals surface area contributed by atoms with Gasteiger partial charge in [0.2, 0.25) is 5.95 Å². The van der Waals surface area contributed by atoms with Gasteiger partial charge in [-0.15, -0.1) is 0 Å². The van der Waals surface area contributed by atoms with E-state index in [1.54, 1.807) is 0 Å². The van der Waals surface area contributed by atoms with Crippen molar-refractivity contribution in [3.63, 3.8) is 0 Å². The van der Waals surface area contributed by atoms with Gasteiger partial charge in [0.1, 0.15) is 8.07 Å². The third kappa shape index (κ3) is 4.31. The van der Waals surface area contributed by atoms with Crippen LogP contribution >= 0.6 is 0 Å². The van der Waals surface area contributed by atoms with Gasteiger partial charge in [-0.2, -0.15) is 4.98 Å². The fourth-order valence-corrected chi connectivity index (χ4v) is 10.9. The number of benzene rings is 2. The number of aromatic amines is 1. The molecule has 8 heteroatoms. The van der Waals surface area contributed by atoms with Crippen LogP contribution in [0.3, 0.4) is 0 Å². The first kappa shape index (κ1) is 23.9. The van der Waals surface area contributed by atoms with Crippen LogP contribution in [0.5, 0.6) is 0 Å². The molecule has 1 unspecified atom stereocenters. The molecule has 0 spiro atoms. The normalized spacial score (nSPS) is 13.3. The zero-order valence-electron chi connectivity index (χ0n) is 20.0. The monoisotopic (exact) mass is 475 g/mol. The van der Waals surface area contributed by atoms with Gasteiger partial charge in [-0.25, -0.2) is 4.98 Å². The van der Waals surface area contributed by atoms with Crippen LogP contribution in [0, 0.1) is 5.92 Å². The summed E-state index contributed by atoms with van der Waals surface area (Å²) in [7, 11) is -2.27. The second-order valence-corrected chi connectivity index (χ2v) is 14.9. The summed E-state index contributed by atoms with van der Waals surface area (Å²) in [5, 5.41) is 13.1. The molecule has 0 aliphatic heterocycles. The molecule has 0 saturated carbocycles. The number of nitrogens with two attached hydrogens (primary N) is 1. The molecule has 0 aliphatic rings. The number of rotatable bonds is 8. The number of aliphatic hydroxyl groups is 1. The van der Waals surface area contributed by atoms with Crippen molar-refractivity contribution in [2.24, 2.45) is 5.92 Å². The maximum Gasteiger partial charge on any atom is 0.280 e. The Morgan fingerprint density at radius 1 is 1.06 bits per heavy atom. The summed E-state index contributed by atoms with van der Waals surface area (Å²) in [6.45, 7) is 7.25. The summed E-state index contributed by atoms with van der Waals surface area (Å²) in [4.78, 5) is 24.1. The lowest BCUT2D eigenvalue weighted by Gasteiger charge is -2.45. The summed E-state index contributed by atoms with van der Waals surface area (Å²) in [6.07, 6.45) is 2.20. The van der Waals surface area contributed by atoms with Crippen molar-refractivity contribution in [3.05, 3.63) is 77.3 Å². The van der Waals surface area contributed by atoms with E-state index in [-0.39, 0.29) is 29.1 Å². The van der Waals surface area contributed by atoms with Gasteiger partial charge in [-0.3, -0.25) is 9.36 Å². The van der Waals surface area contributed by atoms with Crippen molar-refractivity contribution >= 4 is 35.6 Å². The third-order valence-corrected chi connectivity index (χ3v) is 13.3. The van der Waals surface area contributed by atoms with Gasteiger partial charge < -0.3 is 15.8 Å². The van der Waals surface area contributed by atoms with E-state index >= 15 is 0 Å². The maximum atomic E-state index is 13.0. The van der Waals surface area contributed by atoms with Gasteiger partial charge >= 0.3 is 0 Å². The summed E-state index contributed by atoms with van der Waals surface area (Å²) < 4.78 is 1.45. The minimum absolute atomic E-state index is 0.0297. The first-order valence-corrected chi connectivity index (χ1v) is 13.9. The number of aromatic nitrogens is 4. The molecule has 34 heavy (non-hydrogen) atoms. The van der Waals surface area contributed by atoms with Crippen LogP contribution in [0.15, 0.2) is 71.8 Å². The minimum Gasteiger partial charge on any atom is -0.396 e. The van der Waals surface area contributed by atoms with Crippen LogP contribution in [0.1, 0.15) is 27.2 Å². The van der Waals surface area contributed by atoms with Crippen LogP contribution < -0.4 is 21.7 Å². The van der Waals surface area contributed by atoms with Crippen molar-refractivity contribution in [2.75, 3.05) is 12.3 Å². The smallest absolute Gasteiger partial charge is 0.280 e. The number of nitrogen functional groups attached to an aromatic ring is 1. The van der Waals surface area contributed by atoms with E-state index in [9.17, 15) is 9.90 Å². The van der Waals surface area contributed by atoms with E-state index in [4.69, 9.17) is 5.73 Å². The fourth-order valence-electron chi connectivity index (χ4n) is 5.17. The summed E-state index contributed by atoms with van der Waals surface area (Å²) in [6, 6.07) is 22.5. The molecular weight excluding hydrogens is 442 g/mol. The number of anilines is 1. The molecule has 0 fully saturated rings. The Hall–Kier alpha value is -3.23. The predicted octanol–water partition coefficient (Wildman–Crippen LogP) is 2.76. The molecule has 178 valence electrons. The van der Waals surface area contributed by atoms with Crippen LogP contribution in [-0.2, 0) is 6.54 Å². The third-order valence-electron chi connectivity index (χ3n) is 7.02. The average molecular weight is 476 g/mol. The van der Waals surface area contributed by atoms with Gasteiger partial charge in [0.15, 0.2) is 11.2 Å². The number of nitrogens with one attached hydrogen (secondary N) is 1. The Morgan fingerprint density at radius 2 is 1.65 bits per heavy atom. The van der Waals surface area contributed by atoms with Gasteiger partial charge in [0, 0.05) is 13.2 Å². The molecule has 4 rings (SSSR count). The van der Waals surface area contributed by atoms with E-state index in [2.05, 4.69) is 96.4 Å². The first-order valence-electron chi connectivity index (χ1n) is 11.7. The van der Waals surface area contributed by atoms with Crippen LogP contribution in [0.4, 0.5) is 5.95 Å². The molecule has 0 radical (unpaired) electrons. The largest absolute Gasteiger partial charge is 0.396 e. The molecule has 2 aromatic heterocycles. The van der Waals surface area contributed by atoms with E-state index in [1.807, 2.05) is 0 Å². The van der Waals surface area contributed by atoms with Gasteiger partial charge in [-0.1, -0.05) is 91.8 Å². The highest BCUT2D eigenvalue weighted by Crippen LogP contribution is 2.40. The quantitative estimate of drug-likeness (QED) is 0.340. The lowest BCUT2D eigenvalue weighted by Crippen LogP contribution is -2.64. The topological polar surface area (TPSA) is 110 Å². The number of imidazole rings is 1. The van der Waals surface area contributed by atoms with Crippen molar-refractivity contribution in [1.29, 1.82) is 0 Å². The molecule has 1 atom stereocenters. The van der Waals surface area contributed by atoms with Crippen molar-refractivity contribution in [1.82, 2.24) is 19.5 Å². The summed E-state index contributed by atoms with van der Waals surface area (Å²) >= 11 is 0. The van der Waals surface area contributed by atoms with Gasteiger partial charge in [0.05, 0.1) is 6.33 Å². The summed E-state index contributed by atoms with van der Waals surface area (Å²) in [5.41, 5.74) is 6.49. The molecular formula is C26H33N5O2Si. The number of nitrogens with zero attached hydrogens (tertiary/aromatic N) is 3. The van der Waals surface area contributed by atoms with E-state index < -0.39 is 8.07 Å². The lowest BCUT2D eigenvalue weighted by atomic mass is 10.1. The second-order valence-electron chi connectivity index (χ2n) is 9.96. The maximum absolute atomic E-state index is 13.0.